The zero-order chi connectivity index (χ0) is 18.4. The molecule has 0 bridgehead atoms. The molecule has 1 amide bonds. The third-order valence-corrected chi connectivity index (χ3v) is 3.86. The van der Waals surface area contributed by atoms with E-state index in [4.69, 9.17) is 5.21 Å². The highest BCUT2D eigenvalue weighted by molar-refractivity contribution is 5.90. The van der Waals surface area contributed by atoms with Crippen LogP contribution >= 0.6 is 24.8 Å². The normalized spacial score (nSPS) is 10.1. The van der Waals surface area contributed by atoms with Gasteiger partial charge in [-0.25, -0.2) is 10.5 Å². The highest BCUT2D eigenvalue weighted by atomic mass is 35.5. The lowest BCUT2D eigenvalue weighted by Gasteiger charge is -2.08. The number of carbonyl (C=O) groups excluding carboxylic acids is 1. The summed E-state index contributed by atoms with van der Waals surface area (Å²) in [6.07, 6.45) is 8.55. The molecule has 1 aromatic carbocycles. The number of hydrogen-bond donors (Lipinski definition) is 3. The van der Waals surface area contributed by atoms with Gasteiger partial charge in [-0.2, -0.15) is 0 Å². The molecule has 2 heterocycles. The number of hydrogen-bond acceptors (Lipinski definition) is 4. The zero-order valence-corrected chi connectivity index (χ0v) is 16.8. The van der Waals surface area contributed by atoms with Crippen LogP contribution < -0.4 is 10.8 Å². The molecular weight excluding hydrogens is 399 g/mol. The number of halogens is 2. The number of rotatable bonds is 6. The van der Waals surface area contributed by atoms with E-state index in [-0.39, 0.29) is 24.8 Å². The second-order valence-electron chi connectivity index (χ2n) is 5.93. The van der Waals surface area contributed by atoms with Crippen molar-refractivity contribution in [3.63, 3.8) is 0 Å². The van der Waals surface area contributed by atoms with E-state index in [2.05, 4.69) is 27.0 Å². The molecule has 8 heteroatoms. The number of amides is 1. The van der Waals surface area contributed by atoms with E-state index in [9.17, 15) is 4.79 Å². The molecule has 148 valence electrons. The Labute approximate surface area is 176 Å². The van der Waals surface area contributed by atoms with Gasteiger partial charge < -0.3 is 9.88 Å². The molecule has 3 aromatic rings. The van der Waals surface area contributed by atoms with E-state index < -0.39 is 5.91 Å². The Morgan fingerprint density at radius 1 is 1.21 bits per heavy atom. The molecule has 0 atom stereocenters. The van der Waals surface area contributed by atoms with E-state index in [0.717, 1.165) is 29.2 Å². The minimum Gasteiger partial charge on any atom is -0.348 e. The minimum absolute atomic E-state index is 0. The molecule has 0 aliphatic rings. The summed E-state index contributed by atoms with van der Waals surface area (Å²) in [4.78, 5) is 15.4. The quantitative estimate of drug-likeness (QED) is 0.314. The Morgan fingerprint density at radius 3 is 2.64 bits per heavy atom. The molecule has 6 nitrogen and oxygen atoms in total. The third-order valence-electron chi connectivity index (χ3n) is 3.86. The topological polar surface area (TPSA) is 79.2 Å². The van der Waals surface area contributed by atoms with Crippen molar-refractivity contribution in [3.05, 3.63) is 83.8 Å². The van der Waals surface area contributed by atoms with Gasteiger partial charge in [0.25, 0.3) is 5.91 Å². The molecule has 0 aliphatic heterocycles. The summed E-state index contributed by atoms with van der Waals surface area (Å²) in [6.45, 7) is 2.76. The van der Waals surface area contributed by atoms with Crippen LogP contribution in [0.4, 0.5) is 11.5 Å². The van der Waals surface area contributed by atoms with E-state index in [1.54, 1.807) is 17.8 Å². The van der Waals surface area contributed by atoms with E-state index in [1.807, 2.05) is 49.6 Å². The molecule has 3 rings (SSSR count). The maximum Gasteiger partial charge on any atom is 0.267 e. The molecule has 0 spiro atoms. The Balaban J connectivity index is 0.00000196. The van der Waals surface area contributed by atoms with Crippen LogP contribution in [0.3, 0.4) is 0 Å². The fourth-order valence-electron chi connectivity index (χ4n) is 2.57. The van der Waals surface area contributed by atoms with E-state index in [1.165, 1.54) is 11.6 Å². The minimum atomic E-state index is -0.579. The third kappa shape index (κ3) is 6.42. The monoisotopic (exact) mass is 420 g/mol. The van der Waals surface area contributed by atoms with Crippen LogP contribution in [0, 0.1) is 6.92 Å². The van der Waals surface area contributed by atoms with Crippen molar-refractivity contribution >= 4 is 48.3 Å². The second kappa shape index (κ2) is 11.1. The van der Waals surface area contributed by atoms with Gasteiger partial charge >= 0.3 is 0 Å². The van der Waals surface area contributed by atoms with Gasteiger partial charge in [0.15, 0.2) is 0 Å². The molecule has 0 aliphatic carbocycles. The predicted octanol–water partition coefficient (Wildman–Crippen LogP) is 4.35. The summed E-state index contributed by atoms with van der Waals surface area (Å²) >= 11 is 0. The van der Waals surface area contributed by atoms with Crippen LogP contribution in [0.2, 0.25) is 0 Å². The molecule has 28 heavy (non-hydrogen) atoms. The van der Waals surface area contributed by atoms with Crippen molar-refractivity contribution in [2.24, 2.45) is 0 Å². The molecule has 0 radical (unpaired) electrons. The number of aryl methyl sites for hydroxylation is 1. The highest BCUT2D eigenvalue weighted by Gasteiger charge is 2.04. The average molecular weight is 421 g/mol. The molecule has 0 saturated heterocycles. The summed E-state index contributed by atoms with van der Waals surface area (Å²) < 4.78 is 2.11. The number of anilines is 2. The molecular formula is C20H22Cl2N4O2. The Bertz CT molecular complexity index is 927. The first-order valence-electron chi connectivity index (χ1n) is 8.19. The fraction of sp³-hybridized carbons (Fsp3) is 0.100. The fourth-order valence-corrected chi connectivity index (χ4v) is 2.57. The maximum atomic E-state index is 11.0. The summed E-state index contributed by atoms with van der Waals surface area (Å²) in [5.41, 5.74) is 5.48. The number of carbonyl (C=O) groups is 1. The first-order valence-corrected chi connectivity index (χ1v) is 8.19. The number of aromatic nitrogens is 2. The van der Waals surface area contributed by atoms with Crippen LogP contribution in [-0.2, 0) is 11.3 Å². The molecule has 0 saturated carbocycles. The average Bonchev–Trinajstić information content (AvgIpc) is 3.09. The van der Waals surface area contributed by atoms with Gasteiger partial charge in [-0.05, 0) is 41.8 Å². The van der Waals surface area contributed by atoms with Gasteiger partial charge in [-0.3, -0.25) is 10.0 Å². The van der Waals surface area contributed by atoms with Crippen molar-refractivity contribution in [3.8, 4) is 0 Å². The maximum absolute atomic E-state index is 11.0. The van der Waals surface area contributed by atoms with Crippen LogP contribution in [0.5, 0.6) is 0 Å². The lowest BCUT2D eigenvalue weighted by molar-refractivity contribution is -0.124. The first kappa shape index (κ1) is 23.2. The molecule has 2 aromatic heterocycles. The number of hydroxylamine groups is 1. The van der Waals surface area contributed by atoms with Crippen molar-refractivity contribution in [2.75, 3.05) is 5.32 Å². The smallest absolute Gasteiger partial charge is 0.267 e. The number of pyridine rings is 1. The van der Waals surface area contributed by atoms with Crippen LogP contribution in [0.15, 0.2) is 67.1 Å². The van der Waals surface area contributed by atoms with Gasteiger partial charge in [0.1, 0.15) is 5.82 Å². The highest BCUT2D eigenvalue weighted by Crippen LogP contribution is 2.20. The van der Waals surface area contributed by atoms with Crippen LogP contribution in [0.25, 0.3) is 6.08 Å². The molecule has 0 unspecified atom stereocenters. The van der Waals surface area contributed by atoms with Crippen molar-refractivity contribution < 1.29 is 10.0 Å². The number of benzene rings is 1. The van der Waals surface area contributed by atoms with Gasteiger partial charge in [0, 0.05) is 31.2 Å². The summed E-state index contributed by atoms with van der Waals surface area (Å²) in [6, 6.07) is 14.2. The van der Waals surface area contributed by atoms with E-state index >= 15 is 0 Å². The summed E-state index contributed by atoms with van der Waals surface area (Å²) in [5.74, 6) is 0.177. The van der Waals surface area contributed by atoms with Gasteiger partial charge in [-0.15, -0.1) is 24.8 Å². The largest absolute Gasteiger partial charge is 0.348 e. The van der Waals surface area contributed by atoms with Crippen LogP contribution in [0.1, 0.15) is 16.7 Å². The standard InChI is InChI=1S/C20H20N4O2.2ClH/c1-15-11-17(7-8-19(25)23-26)12-21-20(15)22-18-9-10-24(14-18)13-16-5-3-2-4-6-16;;/h2-12,14,26H,13H2,1H3,(H,21,22)(H,23,25);2*1H/b8-7+;;. The Hall–Kier alpha value is -2.80. The first-order chi connectivity index (χ1) is 12.6. The second-order valence-corrected chi connectivity index (χ2v) is 5.93. The van der Waals surface area contributed by atoms with Crippen molar-refractivity contribution in [1.82, 2.24) is 15.0 Å². The number of nitrogens with one attached hydrogen (secondary N) is 2. The van der Waals surface area contributed by atoms with Gasteiger partial charge in [-0.1, -0.05) is 30.3 Å². The van der Waals surface area contributed by atoms with Gasteiger partial charge in [0.05, 0.1) is 5.69 Å². The van der Waals surface area contributed by atoms with Crippen molar-refractivity contribution in [2.45, 2.75) is 13.5 Å². The van der Waals surface area contributed by atoms with E-state index in [0.29, 0.717) is 0 Å². The SMILES string of the molecule is Cc1cc(/C=C/C(=O)NO)cnc1Nc1ccn(Cc2ccccc2)c1.Cl.Cl. The van der Waals surface area contributed by atoms with Gasteiger partial charge in [0.2, 0.25) is 0 Å². The predicted molar refractivity (Wildman–Crippen MR) is 116 cm³/mol. The van der Waals surface area contributed by atoms with Crippen molar-refractivity contribution in [1.29, 1.82) is 0 Å². The lowest BCUT2D eigenvalue weighted by atomic mass is 10.2. The summed E-state index contributed by atoms with van der Waals surface area (Å²) in [7, 11) is 0. The Kier molecular flexibility index (Phi) is 9.24. The Morgan fingerprint density at radius 2 is 1.96 bits per heavy atom. The molecule has 3 N–H and O–H groups in total. The zero-order valence-electron chi connectivity index (χ0n) is 15.2. The summed E-state index contributed by atoms with van der Waals surface area (Å²) in [5, 5.41) is 11.8. The molecule has 0 fully saturated rings. The number of nitrogens with zero attached hydrogens (tertiary/aromatic N) is 2. The van der Waals surface area contributed by atoms with Crippen LogP contribution in [-0.4, -0.2) is 20.7 Å². The lowest BCUT2D eigenvalue weighted by Crippen LogP contribution is -2.14.